The minimum atomic E-state index is 0.652. The molecule has 0 saturated carbocycles. The van der Waals surface area contributed by atoms with Crippen LogP contribution in [0.15, 0.2) is 18.2 Å². The summed E-state index contributed by atoms with van der Waals surface area (Å²) in [6, 6.07) is 6.38. The van der Waals surface area contributed by atoms with Crippen LogP contribution in [0.25, 0.3) is 10.2 Å². The van der Waals surface area contributed by atoms with Crippen molar-refractivity contribution in [3.05, 3.63) is 23.8 Å². The van der Waals surface area contributed by atoms with Crippen molar-refractivity contribution in [1.82, 2.24) is 4.98 Å². The van der Waals surface area contributed by atoms with E-state index in [-0.39, 0.29) is 0 Å². The Hall–Kier alpha value is -1.09. The van der Waals surface area contributed by atoms with E-state index in [1.54, 1.807) is 11.3 Å². The summed E-state index contributed by atoms with van der Waals surface area (Å²) < 4.78 is 1.27. The number of aromatic nitrogens is 1. The summed E-state index contributed by atoms with van der Waals surface area (Å²) in [4.78, 5) is 4.53. The molecule has 1 heterocycles. The molecule has 3 heteroatoms. The van der Waals surface area contributed by atoms with E-state index in [4.69, 9.17) is 0 Å². The monoisotopic (exact) mass is 220 g/mol. The van der Waals surface area contributed by atoms with Gasteiger partial charge in [-0.25, -0.2) is 4.98 Å². The van der Waals surface area contributed by atoms with E-state index < -0.39 is 0 Å². The van der Waals surface area contributed by atoms with Crippen molar-refractivity contribution in [2.24, 2.45) is 5.92 Å². The molecule has 0 amide bonds. The molecule has 0 aliphatic rings. The summed E-state index contributed by atoms with van der Waals surface area (Å²) in [5.74, 6) is 0.652. The summed E-state index contributed by atoms with van der Waals surface area (Å²) in [6.07, 6.45) is 0. The van der Waals surface area contributed by atoms with Crippen LogP contribution in [0.3, 0.4) is 0 Å². The number of benzene rings is 1. The number of fused-ring (bicyclic) bond motifs is 1. The molecule has 2 rings (SSSR count). The normalized spacial score (nSPS) is 11.2. The van der Waals surface area contributed by atoms with Gasteiger partial charge in [-0.2, -0.15) is 0 Å². The van der Waals surface area contributed by atoms with Gasteiger partial charge in [-0.15, -0.1) is 0 Å². The van der Waals surface area contributed by atoms with E-state index in [1.165, 1.54) is 10.3 Å². The van der Waals surface area contributed by atoms with Gasteiger partial charge in [-0.1, -0.05) is 31.3 Å². The second kappa shape index (κ2) is 4.19. The maximum atomic E-state index is 4.53. The highest BCUT2D eigenvalue weighted by Crippen LogP contribution is 2.26. The van der Waals surface area contributed by atoms with Gasteiger partial charge in [0.15, 0.2) is 5.13 Å². The average Bonchev–Trinajstić information content (AvgIpc) is 2.56. The first kappa shape index (κ1) is 10.4. The highest BCUT2D eigenvalue weighted by atomic mass is 32.1. The van der Waals surface area contributed by atoms with Gasteiger partial charge < -0.3 is 5.32 Å². The summed E-state index contributed by atoms with van der Waals surface area (Å²) in [6.45, 7) is 7.49. The molecule has 2 nitrogen and oxygen atoms in total. The second-order valence-corrected chi connectivity index (χ2v) is 5.30. The number of nitrogens with zero attached hydrogens (tertiary/aromatic N) is 1. The number of aryl methyl sites for hydroxylation is 1. The Bertz CT molecular complexity index is 460. The van der Waals surface area contributed by atoms with Crippen LogP contribution in [0.1, 0.15) is 19.4 Å². The largest absolute Gasteiger partial charge is 0.361 e. The fourth-order valence-corrected chi connectivity index (χ4v) is 2.37. The minimum Gasteiger partial charge on any atom is -0.361 e. The number of hydrogen-bond donors (Lipinski definition) is 1. The van der Waals surface area contributed by atoms with Crippen molar-refractivity contribution in [2.45, 2.75) is 20.8 Å². The molecule has 80 valence electrons. The summed E-state index contributed by atoms with van der Waals surface area (Å²) >= 11 is 1.73. The van der Waals surface area contributed by atoms with Crippen LogP contribution >= 0.6 is 11.3 Å². The lowest BCUT2D eigenvalue weighted by Crippen LogP contribution is -2.07. The molecule has 0 radical (unpaired) electrons. The fraction of sp³-hybridized carbons (Fsp3) is 0.417. The van der Waals surface area contributed by atoms with Crippen LogP contribution in [0.2, 0.25) is 0 Å². The number of hydrogen-bond acceptors (Lipinski definition) is 3. The maximum Gasteiger partial charge on any atom is 0.183 e. The SMILES string of the molecule is Cc1ccc2nc(NCC(C)C)sc2c1. The van der Waals surface area contributed by atoms with Crippen LogP contribution in [0, 0.1) is 12.8 Å². The van der Waals surface area contributed by atoms with Gasteiger partial charge in [0, 0.05) is 6.54 Å². The molecule has 0 fully saturated rings. The predicted octanol–water partition coefficient (Wildman–Crippen LogP) is 3.67. The zero-order valence-corrected chi connectivity index (χ0v) is 10.2. The Labute approximate surface area is 94.3 Å². The third-order valence-corrected chi connectivity index (χ3v) is 3.18. The van der Waals surface area contributed by atoms with Gasteiger partial charge in [0.05, 0.1) is 10.2 Å². The van der Waals surface area contributed by atoms with E-state index in [0.717, 1.165) is 17.2 Å². The molecule has 0 atom stereocenters. The topological polar surface area (TPSA) is 24.9 Å². The van der Waals surface area contributed by atoms with Gasteiger partial charge in [-0.3, -0.25) is 0 Å². The Morgan fingerprint density at radius 1 is 1.40 bits per heavy atom. The average molecular weight is 220 g/mol. The molecule has 0 aliphatic carbocycles. The molecule has 0 saturated heterocycles. The molecule has 1 aromatic carbocycles. The van der Waals surface area contributed by atoms with Crippen molar-refractivity contribution in [1.29, 1.82) is 0 Å². The van der Waals surface area contributed by atoms with E-state index >= 15 is 0 Å². The van der Waals surface area contributed by atoms with Gasteiger partial charge in [0.1, 0.15) is 0 Å². The molecular formula is C12H16N2S. The summed E-state index contributed by atoms with van der Waals surface area (Å²) in [5.41, 5.74) is 2.39. The molecular weight excluding hydrogens is 204 g/mol. The van der Waals surface area contributed by atoms with Crippen LogP contribution in [0.4, 0.5) is 5.13 Å². The van der Waals surface area contributed by atoms with E-state index in [1.807, 2.05) is 0 Å². The second-order valence-electron chi connectivity index (χ2n) is 4.26. The lowest BCUT2D eigenvalue weighted by Gasteiger charge is -2.03. The lowest BCUT2D eigenvalue weighted by atomic mass is 10.2. The highest BCUT2D eigenvalue weighted by molar-refractivity contribution is 7.22. The first-order chi connectivity index (χ1) is 7.15. The third kappa shape index (κ3) is 2.48. The number of rotatable bonds is 3. The predicted molar refractivity (Wildman–Crippen MR) is 67.7 cm³/mol. The Balaban J connectivity index is 2.23. The minimum absolute atomic E-state index is 0.652. The molecule has 15 heavy (non-hydrogen) atoms. The smallest absolute Gasteiger partial charge is 0.183 e. The molecule has 2 aromatic rings. The summed E-state index contributed by atoms with van der Waals surface area (Å²) in [7, 11) is 0. The standard InChI is InChI=1S/C12H16N2S/c1-8(2)7-13-12-14-10-5-4-9(3)6-11(10)15-12/h4-6,8H,7H2,1-3H3,(H,13,14). The van der Waals surface area contributed by atoms with Gasteiger partial charge >= 0.3 is 0 Å². The van der Waals surface area contributed by atoms with Crippen molar-refractivity contribution >= 4 is 26.7 Å². The van der Waals surface area contributed by atoms with Crippen molar-refractivity contribution < 1.29 is 0 Å². The Kier molecular flexibility index (Phi) is 2.91. The molecule has 1 aromatic heterocycles. The molecule has 1 N–H and O–H groups in total. The van der Waals surface area contributed by atoms with Gasteiger partial charge in [-0.05, 0) is 30.5 Å². The molecule has 0 bridgehead atoms. The van der Waals surface area contributed by atoms with E-state index in [9.17, 15) is 0 Å². The summed E-state index contributed by atoms with van der Waals surface area (Å²) in [5, 5.41) is 4.39. The molecule has 0 unspecified atom stereocenters. The van der Waals surface area contributed by atoms with Crippen LogP contribution in [-0.2, 0) is 0 Å². The third-order valence-electron chi connectivity index (χ3n) is 2.21. The van der Waals surface area contributed by atoms with Gasteiger partial charge in [0.25, 0.3) is 0 Å². The Morgan fingerprint density at radius 3 is 2.93 bits per heavy atom. The zero-order chi connectivity index (χ0) is 10.8. The number of nitrogens with one attached hydrogen (secondary N) is 1. The lowest BCUT2D eigenvalue weighted by molar-refractivity contribution is 0.688. The van der Waals surface area contributed by atoms with Crippen LogP contribution < -0.4 is 5.32 Å². The molecule has 0 spiro atoms. The highest BCUT2D eigenvalue weighted by Gasteiger charge is 2.03. The number of thiazole rings is 1. The first-order valence-electron chi connectivity index (χ1n) is 5.26. The maximum absolute atomic E-state index is 4.53. The van der Waals surface area contributed by atoms with Crippen LogP contribution in [0.5, 0.6) is 0 Å². The van der Waals surface area contributed by atoms with E-state index in [0.29, 0.717) is 5.92 Å². The first-order valence-corrected chi connectivity index (χ1v) is 6.08. The van der Waals surface area contributed by atoms with E-state index in [2.05, 4.69) is 49.3 Å². The zero-order valence-electron chi connectivity index (χ0n) is 9.37. The van der Waals surface area contributed by atoms with Crippen molar-refractivity contribution in [2.75, 3.05) is 11.9 Å². The number of anilines is 1. The van der Waals surface area contributed by atoms with Crippen molar-refractivity contribution in [3.63, 3.8) is 0 Å². The fourth-order valence-electron chi connectivity index (χ4n) is 1.40. The molecule has 0 aliphatic heterocycles. The van der Waals surface area contributed by atoms with Crippen molar-refractivity contribution in [3.8, 4) is 0 Å². The quantitative estimate of drug-likeness (QED) is 0.853. The van der Waals surface area contributed by atoms with Gasteiger partial charge in [0.2, 0.25) is 0 Å². The van der Waals surface area contributed by atoms with Crippen LogP contribution in [-0.4, -0.2) is 11.5 Å². The Morgan fingerprint density at radius 2 is 2.20 bits per heavy atom.